The molecule has 2 aliphatic rings. The second kappa shape index (κ2) is 9.26. The van der Waals surface area contributed by atoms with Gasteiger partial charge in [-0.05, 0) is 50.2 Å². The molecule has 0 amide bonds. The summed E-state index contributed by atoms with van der Waals surface area (Å²) in [6.07, 6.45) is 1.82. The van der Waals surface area contributed by atoms with E-state index in [0.29, 0.717) is 25.9 Å². The zero-order valence-electron chi connectivity index (χ0n) is 21.4. The number of benzene rings is 2. The normalized spacial score (nSPS) is 21.6. The Labute approximate surface area is 203 Å². The van der Waals surface area contributed by atoms with Gasteiger partial charge in [-0.1, -0.05) is 51.1 Å². The number of hydrogen-bond donors (Lipinski definition) is 1. The Bertz CT molecular complexity index is 1050. The van der Waals surface area contributed by atoms with Crippen LogP contribution in [-0.2, 0) is 34.4 Å². The maximum Gasteiger partial charge on any atom is 0.308 e. The van der Waals surface area contributed by atoms with E-state index >= 15 is 0 Å². The number of fused-ring (bicyclic) bond motifs is 1. The minimum Gasteiger partial charge on any atom is -0.488 e. The number of ether oxygens (including phenoxy) is 3. The number of aliphatic hydroxyl groups is 1. The summed E-state index contributed by atoms with van der Waals surface area (Å²) in [6.45, 7) is 13.5. The van der Waals surface area contributed by atoms with Crippen LogP contribution in [0.4, 0.5) is 0 Å². The molecule has 2 heterocycles. The van der Waals surface area contributed by atoms with Gasteiger partial charge in [0.05, 0.1) is 12.5 Å². The quantitative estimate of drug-likeness (QED) is 0.563. The predicted octanol–water partition coefficient (Wildman–Crippen LogP) is 5.58. The second-order valence-electron chi connectivity index (χ2n) is 11.4. The number of cyclic esters (lactones) is 1. The van der Waals surface area contributed by atoms with E-state index in [2.05, 4.69) is 53.7 Å². The van der Waals surface area contributed by atoms with E-state index < -0.39 is 6.10 Å². The van der Waals surface area contributed by atoms with Crippen LogP contribution < -0.4 is 9.47 Å². The Morgan fingerprint density at radius 3 is 2.53 bits per heavy atom. The standard InChI is InChI=1S/C29H38O5/c1-18-22(13-12-21-14-20(30)15-24(31)33-21)27-23(16-29(5,6)34-27)25(28(2,3)4)26(18)32-17-19-10-8-7-9-11-19/h7-11,20-21,30H,12-17H2,1-6H3/t20-,21-/m0/s1. The molecule has 2 aromatic carbocycles. The Balaban J connectivity index is 1.73. The maximum atomic E-state index is 11.8. The molecule has 0 aromatic heterocycles. The molecule has 184 valence electrons. The van der Waals surface area contributed by atoms with Gasteiger partial charge in [0.15, 0.2) is 0 Å². The van der Waals surface area contributed by atoms with Crippen molar-refractivity contribution >= 4 is 5.97 Å². The average Bonchev–Trinajstić information content (AvgIpc) is 3.04. The summed E-state index contributed by atoms with van der Waals surface area (Å²) < 4.78 is 18.6. The van der Waals surface area contributed by atoms with Crippen LogP contribution in [0.5, 0.6) is 11.5 Å². The number of hydrogen-bond acceptors (Lipinski definition) is 5. The Morgan fingerprint density at radius 1 is 1.18 bits per heavy atom. The molecule has 4 rings (SSSR count). The van der Waals surface area contributed by atoms with Gasteiger partial charge in [0.25, 0.3) is 0 Å². The molecule has 1 fully saturated rings. The summed E-state index contributed by atoms with van der Waals surface area (Å²) in [4.78, 5) is 11.8. The minimum absolute atomic E-state index is 0.0833. The molecular weight excluding hydrogens is 428 g/mol. The van der Waals surface area contributed by atoms with Crippen LogP contribution in [0.1, 0.15) is 81.7 Å². The average molecular weight is 467 g/mol. The first kappa shape index (κ1) is 24.6. The largest absolute Gasteiger partial charge is 0.488 e. The molecule has 0 saturated carbocycles. The molecule has 34 heavy (non-hydrogen) atoms. The van der Waals surface area contributed by atoms with E-state index in [-0.39, 0.29) is 29.5 Å². The van der Waals surface area contributed by atoms with E-state index in [4.69, 9.17) is 14.2 Å². The maximum absolute atomic E-state index is 11.8. The summed E-state index contributed by atoms with van der Waals surface area (Å²) in [5, 5.41) is 10.0. The van der Waals surface area contributed by atoms with E-state index in [0.717, 1.165) is 34.6 Å². The van der Waals surface area contributed by atoms with Crippen molar-refractivity contribution in [2.75, 3.05) is 0 Å². The highest BCUT2D eigenvalue weighted by Crippen LogP contribution is 2.50. The Kier molecular flexibility index (Phi) is 6.69. The lowest BCUT2D eigenvalue weighted by atomic mass is 9.78. The Hall–Kier alpha value is -2.53. The molecule has 0 bridgehead atoms. The molecule has 1 N–H and O–H groups in total. The fraction of sp³-hybridized carbons (Fsp3) is 0.552. The minimum atomic E-state index is -0.624. The summed E-state index contributed by atoms with van der Waals surface area (Å²) in [5.74, 6) is 1.58. The van der Waals surface area contributed by atoms with Gasteiger partial charge >= 0.3 is 5.97 Å². The third-order valence-corrected chi connectivity index (χ3v) is 6.78. The molecule has 5 nitrogen and oxygen atoms in total. The number of esters is 1. The first-order chi connectivity index (χ1) is 15.9. The van der Waals surface area contributed by atoms with Gasteiger partial charge in [-0.3, -0.25) is 4.79 Å². The van der Waals surface area contributed by atoms with E-state index in [1.54, 1.807) is 0 Å². The van der Waals surface area contributed by atoms with Crippen molar-refractivity contribution in [3.63, 3.8) is 0 Å². The van der Waals surface area contributed by atoms with Crippen molar-refractivity contribution in [2.24, 2.45) is 0 Å². The summed E-state index contributed by atoms with van der Waals surface area (Å²) in [7, 11) is 0. The Morgan fingerprint density at radius 2 is 1.88 bits per heavy atom. The van der Waals surface area contributed by atoms with Gasteiger partial charge in [0, 0.05) is 29.5 Å². The van der Waals surface area contributed by atoms with Crippen LogP contribution in [0.3, 0.4) is 0 Å². The molecule has 0 unspecified atom stereocenters. The molecular formula is C29H38O5. The molecule has 0 radical (unpaired) electrons. The fourth-order valence-corrected chi connectivity index (χ4v) is 5.31. The monoisotopic (exact) mass is 466 g/mol. The van der Waals surface area contributed by atoms with Gasteiger partial charge in [-0.2, -0.15) is 0 Å². The first-order valence-corrected chi connectivity index (χ1v) is 12.4. The van der Waals surface area contributed by atoms with Crippen LogP contribution in [0.2, 0.25) is 0 Å². The highest BCUT2D eigenvalue weighted by atomic mass is 16.5. The van der Waals surface area contributed by atoms with Crippen molar-refractivity contribution in [3.05, 3.63) is 58.1 Å². The lowest BCUT2D eigenvalue weighted by Gasteiger charge is -2.30. The number of aliphatic hydroxyl groups excluding tert-OH is 1. The van der Waals surface area contributed by atoms with Gasteiger partial charge in [-0.15, -0.1) is 0 Å². The van der Waals surface area contributed by atoms with Crippen LogP contribution >= 0.6 is 0 Å². The number of rotatable bonds is 6. The molecule has 0 spiro atoms. The highest BCUT2D eigenvalue weighted by Gasteiger charge is 2.40. The van der Waals surface area contributed by atoms with Crippen molar-refractivity contribution in [1.29, 1.82) is 0 Å². The molecule has 2 aromatic rings. The fourth-order valence-electron chi connectivity index (χ4n) is 5.31. The van der Waals surface area contributed by atoms with Crippen molar-refractivity contribution in [3.8, 4) is 11.5 Å². The zero-order chi connectivity index (χ0) is 24.7. The lowest BCUT2D eigenvalue weighted by molar-refractivity contribution is -0.160. The van der Waals surface area contributed by atoms with Crippen molar-refractivity contribution < 1.29 is 24.1 Å². The molecule has 0 aliphatic carbocycles. The summed E-state index contributed by atoms with van der Waals surface area (Å²) in [6, 6.07) is 10.2. The van der Waals surface area contributed by atoms with Gasteiger partial charge in [-0.25, -0.2) is 0 Å². The second-order valence-corrected chi connectivity index (χ2v) is 11.4. The first-order valence-electron chi connectivity index (χ1n) is 12.4. The van der Waals surface area contributed by atoms with Gasteiger partial charge in [0.1, 0.15) is 29.8 Å². The van der Waals surface area contributed by atoms with Crippen LogP contribution in [-0.4, -0.2) is 28.9 Å². The summed E-state index contributed by atoms with van der Waals surface area (Å²) in [5.41, 5.74) is 5.35. The highest BCUT2D eigenvalue weighted by molar-refractivity contribution is 5.71. The van der Waals surface area contributed by atoms with Crippen LogP contribution in [0, 0.1) is 6.92 Å². The van der Waals surface area contributed by atoms with Crippen molar-refractivity contribution in [2.45, 2.75) is 103 Å². The van der Waals surface area contributed by atoms with Gasteiger partial charge < -0.3 is 19.3 Å². The van der Waals surface area contributed by atoms with Gasteiger partial charge in [0.2, 0.25) is 0 Å². The smallest absolute Gasteiger partial charge is 0.308 e. The topological polar surface area (TPSA) is 65.0 Å². The zero-order valence-corrected chi connectivity index (χ0v) is 21.4. The third kappa shape index (κ3) is 5.25. The molecule has 5 heteroatoms. The van der Waals surface area contributed by atoms with Crippen molar-refractivity contribution in [1.82, 2.24) is 0 Å². The molecule has 1 saturated heterocycles. The third-order valence-electron chi connectivity index (χ3n) is 6.78. The number of carbonyl (C=O) groups is 1. The lowest BCUT2D eigenvalue weighted by Crippen LogP contribution is -2.32. The van der Waals surface area contributed by atoms with Crippen LogP contribution in [0.25, 0.3) is 0 Å². The summed E-state index contributed by atoms with van der Waals surface area (Å²) >= 11 is 0. The van der Waals surface area contributed by atoms with E-state index in [1.807, 2.05) is 18.2 Å². The molecule has 2 aliphatic heterocycles. The van der Waals surface area contributed by atoms with E-state index in [1.165, 1.54) is 11.1 Å². The molecule has 2 atom stereocenters. The number of carbonyl (C=O) groups excluding carboxylic acids is 1. The van der Waals surface area contributed by atoms with Crippen LogP contribution in [0.15, 0.2) is 30.3 Å². The predicted molar refractivity (Wildman–Crippen MR) is 133 cm³/mol. The van der Waals surface area contributed by atoms with E-state index in [9.17, 15) is 9.90 Å². The SMILES string of the molecule is Cc1c(CC[C@H]2C[C@H](O)CC(=O)O2)c2c(c(C(C)(C)C)c1OCc1ccccc1)CC(C)(C)O2.